The lowest BCUT2D eigenvalue weighted by molar-refractivity contribution is -0.111. The van der Waals surface area contributed by atoms with Crippen molar-refractivity contribution < 1.29 is 14.3 Å². The largest absolute Gasteiger partial charge is 0.459 e. The zero-order chi connectivity index (χ0) is 21.1. The minimum Gasteiger partial charge on any atom is -0.459 e. The molecule has 0 unspecified atom stereocenters. The molecule has 1 aromatic heterocycles. The second-order valence-corrected chi connectivity index (χ2v) is 9.45. The molecule has 0 bridgehead atoms. The van der Waals surface area contributed by atoms with E-state index in [0.717, 1.165) is 29.7 Å². The summed E-state index contributed by atoms with van der Waals surface area (Å²) in [7, 11) is 0. The number of thiophene rings is 1. The molecule has 0 radical (unpaired) electrons. The zero-order valence-corrected chi connectivity index (χ0v) is 18.9. The molecule has 1 amide bonds. The predicted octanol–water partition coefficient (Wildman–Crippen LogP) is 6.40. The molecule has 1 aromatic carbocycles. The Hall–Kier alpha value is -1.82. The third-order valence-electron chi connectivity index (χ3n) is 4.67. The highest BCUT2D eigenvalue weighted by molar-refractivity contribution is 7.17. The van der Waals surface area contributed by atoms with E-state index < -0.39 is 0 Å². The normalized spacial score (nSPS) is 16.1. The van der Waals surface area contributed by atoms with Crippen molar-refractivity contribution in [1.29, 1.82) is 0 Å². The molecule has 1 heterocycles. The van der Waals surface area contributed by atoms with Crippen molar-refractivity contribution in [2.45, 2.75) is 46.1 Å². The fourth-order valence-electron chi connectivity index (χ4n) is 3.28. The maximum absolute atomic E-state index is 12.7. The number of benzene rings is 1. The number of carbonyl (C=O) groups is 2. The van der Waals surface area contributed by atoms with Crippen molar-refractivity contribution in [3.63, 3.8) is 0 Å². The summed E-state index contributed by atoms with van der Waals surface area (Å²) in [5.74, 6) is -0.154. The topological polar surface area (TPSA) is 55.4 Å². The maximum Gasteiger partial charge on any atom is 0.341 e. The average molecular weight is 452 g/mol. The SMILES string of the molecule is CC(C)OC(=O)c1c(NC(=O)/C=C/c2ccc(Cl)cc2Cl)sc2c1CC[C@H](C)C2. The molecule has 1 aliphatic carbocycles. The molecule has 1 aliphatic rings. The number of rotatable bonds is 5. The standard InChI is InChI=1S/C22H23Cl2NO3S/c1-12(2)28-22(27)20-16-8-4-13(3)10-18(16)29-21(20)25-19(26)9-6-14-5-7-15(23)11-17(14)24/h5-7,9,11-13H,4,8,10H2,1-3H3,(H,25,26)/b9-6+/t13-/m0/s1. The van der Waals surface area contributed by atoms with Crippen LogP contribution in [0.5, 0.6) is 0 Å². The summed E-state index contributed by atoms with van der Waals surface area (Å²) in [6, 6.07) is 5.07. The minimum atomic E-state index is -0.382. The van der Waals surface area contributed by atoms with Crippen LogP contribution in [0.2, 0.25) is 10.0 Å². The Kier molecular flexibility index (Phi) is 7.04. The van der Waals surface area contributed by atoms with E-state index in [0.29, 0.717) is 32.1 Å². The molecule has 0 aliphatic heterocycles. The zero-order valence-electron chi connectivity index (χ0n) is 16.6. The first-order valence-electron chi connectivity index (χ1n) is 9.54. The lowest BCUT2D eigenvalue weighted by atomic mass is 9.88. The van der Waals surface area contributed by atoms with Gasteiger partial charge >= 0.3 is 5.97 Å². The van der Waals surface area contributed by atoms with Crippen molar-refractivity contribution in [2.75, 3.05) is 5.32 Å². The van der Waals surface area contributed by atoms with E-state index >= 15 is 0 Å². The van der Waals surface area contributed by atoms with Crippen LogP contribution in [0.25, 0.3) is 6.08 Å². The quantitative estimate of drug-likeness (QED) is 0.422. The second-order valence-electron chi connectivity index (χ2n) is 7.50. The van der Waals surface area contributed by atoms with Crippen LogP contribution in [-0.2, 0) is 22.4 Å². The molecular weight excluding hydrogens is 429 g/mol. The molecule has 2 aromatic rings. The van der Waals surface area contributed by atoms with Crippen molar-refractivity contribution in [3.05, 3.63) is 55.9 Å². The predicted molar refractivity (Wildman–Crippen MR) is 120 cm³/mol. The van der Waals surface area contributed by atoms with Crippen LogP contribution < -0.4 is 5.32 Å². The van der Waals surface area contributed by atoms with Gasteiger partial charge in [0.1, 0.15) is 5.00 Å². The van der Waals surface area contributed by atoms with Crippen molar-refractivity contribution >= 4 is 57.5 Å². The van der Waals surface area contributed by atoms with Gasteiger partial charge in [0.2, 0.25) is 5.91 Å². The van der Waals surface area contributed by atoms with Crippen LogP contribution in [0.1, 0.15) is 53.6 Å². The smallest absolute Gasteiger partial charge is 0.341 e. The molecule has 1 N–H and O–H groups in total. The van der Waals surface area contributed by atoms with E-state index in [1.54, 1.807) is 24.3 Å². The number of nitrogens with one attached hydrogen (secondary N) is 1. The van der Waals surface area contributed by atoms with Gasteiger partial charge in [-0.3, -0.25) is 4.79 Å². The summed E-state index contributed by atoms with van der Waals surface area (Å²) in [4.78, 5) is 26.4. The first-order valence-corrected chi connectivity index (χ1v) is 11.1. The van der Waals surface area contributed by atoms with Gasteiger partial charge in [-0.15, -0.1) is 11.3 Å². The van der Waals surface area contributed by atoms with Crippen LogP contribution in [0.3, 0.4) is 0 Å². The lowest BCUT2D eigenvalue weighted by Crippen LogP contribution is -2.18. The summed E-state index contributed by atoms with van der Waals surface area (Å²) < 4.78 is 5.43. The van der Waals surface area contributed by atoms with E-state index in [-0.39, 0.29) is 18.0 Å². The Balaban J connectivity index is 1.84. The molecule has 0 spiro atoms. The van der Waals surface area contributed by atoms with E-state index in [2.05, 4.69) is 12.2 Å². The summed E-state index contributed by atoms with van der Waals surface area (Å²) in [5.41, 5.74) is 2.20. The average Bonchev–Trinajstić information content (AvgIpc) is 2.97. The molecule has 0 saturated heterocycles. The molecule has 7 heteroatoms. The van der Waals surface area contributed by atoms with Crippen LogP contribution in [0.4, 0.5) is 5.00 Å². The van der Waals surface area contributed by atoms with E-state index in [1.165, 1.54) is 17.4 Å². The Labute approximate surface area is 184 Å². The number of amides is 1. The van der Waals surface area contributed by atoms with Crippen LogP contribution >= 0.6 is 34.5 Å². The van der Waals surface area contributed by atoms with Crippen LogP contribution in [0.15, 0.2) is 24.3 Å². The molecule has 29 heavy (non-hydrogen) atoms. The number of ether oxygens (including phenoxy) is 1. The maximum atomic E-state index is 12.7. The van der Waals surface area contributed by atoms with Crippen LogP contribution in [-0.4, -0.2) is 18.0 Å². The number of carbonyl (C=O) groups excluding carboxylic acids is 2. The van der Waals surface area contributed by atoms with E-state index in [4.69, 9.17) is 27.9 Å². The fraction of sp³-hybridized carbons (Fsp3) is 0.364. The van der Waals surface area contributed by atoms with E-state index in [1.807, 2.05) is 13.8 Å². The molecule has 0 saturated carbocycles. The van der Waals surface area contributed by atoms with Crippen molar-refractivity contribution in [1.82, 2.24) is 0 Å². The minimum absolute atomic E-state index is 0.226. The van der Waals surface area contributed by atoms with Crippen LogP contribution in [0, 0.1) is 5.92 Å². The van der Waals surface area contributed by atoms with Gasteiger partial charge in [-0.25, -0.2) is 4.79 Å². The molecule has 1 atom stereocenters. The third-order valence-corrected chi connectivity index (χ3v) is 6.40. The van der Waals surface area contributed by atoms with Gasteiger partial charge in [0.15, 0.2) is 0 Å². The highest BCUT2D eigenvalue weighted by atomic mass is 35.5. The lowest BCUT2D eigenvalue weighted by Gasteiger charge is -2.18. The second kappa shape index (κ2) is 9.33. The summed E-state index contributed by atoms with van der Waals surface area (Å²) >= 11 is 13.5. The molecule has 0 fully saturated rings. The number of anilines is 1. The Morgan fingerprint density at radius 3 is 2.76 bits per heavy atom. The number of hydrogen-bond donors (Lipinski definition) is 1. The third kappa shape index (κ3) is 5.41. The number of fused-ring (bicyclic) bond motifs is 1. The highest BCUT2D eigenvalue weighted by Gasteiger charge is 2.29. The molecular formula is C22H23Cl2NO3S. The Morgan fingerprint density at radius 1 is 1.31 bits per heavy atom. The van der Waals surface area contributed by atoms with E-state index in [9.17, 15) is 9.59 Å². The summed E-state index contributed by atoms with van der Waals surface area (Å²) in [6.07, 6.45) is 5.55. The number of halogens is 2. The first kappa shape index (κ1) is 21.9. The van der Waals surface area contributed by atoms with Gasteiger partial charge in [0.05, 0.1) is 11.7 Å². The Morgan fingerprint density at radius 2 is 2.07 bits per heavy atom. The molecule has 4 nitrogen and oxygen atoms in total. The fourth-order valence-corrected chi connectivity index (χ4v) is 5.16. The van der Waals surface area contributed by atoms with Gasteiger partial charge in [-0.05, 0) is 68.4 Å². The van der Waals surface area contributed by atoms with Crippen molar-refractivity contribution in [3.8, 4) is 0 Å². The van der Waals surface area contributed by atoms with Gasteiger partial charge in [-0.1, -0.05) is 36.2 Å². The summed E-state index contributed by atoms with van der Waals surface area (Å²) in [5, 5.41) is 4.40. The van der Waals surface area contributed by atoms with Gasteiger partial charge in [-0.2, -0.15) is 0 Å². The summed E-state index contributed by atoms with van der Waals surface area (Å²) in [6.45, 7) is 5.83. The molecule has 154 valence electrons. The number of esters is 1. The highest BCUT2D eigenvalue weighted by Crippen LogP contribution is 2.40. The Bertz CT molecular complexity index is 965. The monoisotopic (exact) mass is 451 g/mol. The number of hydrogen-bond acceptors (Lipinski definition) is 4. The van der Waals surface area contributed by atoms with Crippen molar-refractivity contribution in [2.24, 2.45) is 5.92 Å². The van der Waals surface area contributed by atoms with Gasteiger partial charge in [0, 0.05) is 21.0 Å². The first-order chi connectivity index (χ1) is 13.7. The van der Waals surface area contributed by atoms with Gasteiger partial charge < -0.3 is 10.1 Å². The van der Waals surface area contributed by atoms with Gasteiger partial charge in [0.25, 0.3) is 0 Å². The molecule has 3 rings (SSSR count).